The van der Waals surface area contributed by atoms with Crippen molar-refractivity contribution in [3.63, 3.8) is 0 Å². The molecule has 4 nitrogen and oxygen atoms in total. The second-order valence-electron chi connectivity index (χ2n) is 4.31. The molecule has 4 heteroatoms. The third-order valence-electron chi connectivity index (χ3n) is 2.86. The molecule has 2 aromatic carbocycles. The zero-order valence-corrected chi connectivity index (χ0v) is 11.7. The molecule has 2 aromatic rings. The van der Waals surface area contributed by atoms with E-state index in [9.17, 15) is 5.11 Å². The minimum absolute atomic E-state index is 0.354. The maximum Gasteiger partial charge on any atom is 0.124 e. The normalized spacial score (nSPS) is 13.3. The van der Waals surface area contributed by atoms with Gasteiger partial charge in [0.25, 0.3) is 0 Å². The Labute approximate surface area is 123 Å². The molecule has 1 unspecified atom stereocenters. The van der Waals surface area contributed by atoms with Crippen molar-refractivity contribution >= 4 is 11.8 Å². The van der Waals surface area contributed by atoms with Crippen LogP contribution < -0.4 is 0 Å². The third-order valence-corrected chi connectivity index (χ3v) is 2.86. The quantitative estimate of drug-likeness (QED) is 0.502. The topological polar surface area (TPSA) is 51.0 Å². The molecule has 0 aromatic heterocycles. The summed E-state index contributed by atoms with van der Waals surface area (Å²) in [6, 6.07) is 19.0. The maximum absolute atomic E-state index is 10.4. The van der Waals surface area contributed by atoms with Crippen molar-refractivity contribution in [1.82, 2.24) is 0 Å². The van der Waals surface area contributed by atoms with E-state index in [2.05, 4.69) is 15.0 Å². The lowest BCUT2D eigenvalue weighted by molar-refractivity contribution is -0.273. The minimum Gasteiger partial charge on any atom is -0.382 e. The fourth-order valence-corrected chi connectivity index (χ4v) is 1.80. The second-order valence-corrected chi connectivity index (χ2v) is 4.31. The molecule has 0 heterocycles. The van der Waals surface area contributed by atoms with E-state index in [1.165, 1.54) is 7.11 Å². The third kappa shape index (κ3) is 4.56. The number of benzene rings is 2. The summed E-state index contributed by atoms with van der Waals surface area (Å²) in [4.78, 5) is 9.08. The fourth-order valence-electron chi connectivity index (χ4n) is 1.80. The largest absolute Gasteiger partial charge is 0.382 e. The molecule has 2 rings (SSSR count). The van der Waals surface area contributed by atoms with Crippen LogP contribution in [0.15, 0.2) is 71.9 Å². The molecule has 0 saturated carbocycles. The highest BCUT2D eigenvalue weighted by molar-refractivity contribution is 6.01. The van der Waals surface area contributed by atoms with Crippen molar-refractivity contribution in [2.75, 3.05) is 7.11 Å². The van der Waals surface area contributed by atoms with Gasteiger partial charge in [-0.3, -0.25) is 0 Å². The molecular weight excluding hydrogens is 266 g/mol. The Kier molecular flexibility index (Phi) is 5.70. The van der Waals surface area contributed by atoms with Gasteiger partial charge in [-0.2, -0.15) is 4.89 Å². The van der Waals surface area contributed by atoms with Crippen molar-refractivity contribution in [3.05, 3.63) is 77.9 Å². The van der Waals surface area contributed by atoms with Gasteiger partial charge in [-0.1, -0.05) is 66.7 Å². The van der Waals surface area contributed by atoms with E-state index < -0.39 is 6.10 Å². The van der Waals surface area contributed by atoms with Crippen LogP contribution >= 0.6 is 0 Å². The standard InChI is InChI=1S/C17H17NO3/c1-20-21-18-16(13-12-14-8-4-2-5-9-14)17(19)15-10-6-3-7-11-15/h2-13,17,19H,1H3/b13-12+,18-16+. The molecule has 0 radical (unpaired) electrons. The predicted octanol–water partition coefficient (Wildman–Crippen LogP) is 3.37. The fraction of sp³-hybridized carbons (Fsp3) is 0.118. The summed E-state index contributed by atoms with van der Waals surface area (Å²) in [5, 5.41) is 14.2. The Bertz CT molecular complexity index is 594. The molecule has 108 valence electrons. The average Bonchev–Trinajstić information content (AvgIpc) is 2.56. The van der Waals surface area contributed by atoms with E-state index in [4.69, 9.17) is 0 Å². The zero-order valence-electron chi connectivity index (χ0n) is 11.7. The molecule has 0 amide bonds. The van der Waals surface area contributed by atoms with Crippen LogP contribution in [-0.4, -0.2) is 17.9 Å². The first kappa shape index (κ1) is 15.0. The van der Waals surface area contributed by atoms with Gasteiger partial charge in [0.15, 0.2) is 0 Å². The summed E-state index contributed by atoms with van der Waals surface area (Å²) in [6.07, 6.45) is 2.66. The van der Waals surface area contributed by atoms with E-state index in [0.29, 0.717) is 5.71 Å². The van der Waals surface area contributed by atoms with Crippen LogP contribution in [0.4, 0.5) is 0 Å². The van der Waals surface area contributed by atoms with E-state index >= 15 is 0 Å². The Morgan fingerprint density at radius 1 is 1.05 bits per heavy atom. The molecule has 0 aliphatic heterocycles. The molecule has 0 saturated heterocycles. The number of rotatable bonds is 6. The van der Waals surface area contributed by atoms with Gasteiger partial charge in [0.1, 0.15) is 11.8 Å². The van der Waals surface area contributed by atoms with Gasteiger partial charge >= 0.3 is 0 Å². The van der Waals surface area contributed by atoms with Crippen molar-refractivity contribution in [1.29, 1.82) is 0 Å². The summed E-state index contributed by atoms with van der Waals surface area (Å²) < 4.78 is 0. The van der Waals surface area contributed by atoms with Crippen LogP contribution in [-0.2, 0) is 9.88 Å². The number of nitrogens with zero attached hydrogens (tertiary/aromatic N) is 1. The van der Waals surface area contributed by atoms with Crippen LogP contribution in [0.3, 0.4) is 0 Å². The molecule has 0 spiro atoms. The van der Waals surface area contributed by atoms with Crippen LogP contribution in [0.5, 0.6) is 0 Å². The lowest BCUT2D eigenvalue weighted by atomic mass is 10.0. The lowest BCUT2D eigenvalue weighted by Crippen LogP contribution is -2.10. The van der Waals surface area contributed by atoms with Crippen molar-refractivity contribution < 1.29 is 15.0 Å². The number of hydrogen-bond donors (Lipinski definition) is 1. The van der Waals surface area contributed by atoms with Gasteiger partial charge in [0.2, 0.25) is 0 Å². The number of oxime groups is 1. The van der Waals surface area contributed by atoms with E-state index in [-0.39, 0.29) is 0 Å². The molecular formula is C17H17NO3. The van der Waals surface area contributed by atoms with Gasteiger partial charge in [0, 0.05) is 0 Å². The van der Waals surface area contributed by atoms with Crippen molar-refractivity contribution in [2.45, 2.75) is 6.10 Å². The number of aliphatic hydroxyl groups is 1. The van der Waals surface area contributed by atoms with Crippen LogP contribution in [0.2, 0.25) is 0 Å². The van der Waals surface area contributed by atoms with Crippen LogP contribution in [0.1, 0.15) is 17.2 Å². The molecule has 1 atom stereocenters. The van der Waals surface area contributed by atoms with E-state index in [0.717, 1.165) is 11.1 Å². The number of aliphatic hydroxyl groups excluding tert-OH is 1. The zero-order chi connectivity index (χ0) is 14.9. The van der Waals surface area contributed by atoms with Crippen LogP contribution in [0, 0.1) is 0 Å². The second kappa shape index (κ2) is 7.99. The first-order valence-corrected chi connectivity index (χ1v) is 6.55. The summed E-state index contributed by atoms with van der Waals surface area (Å²) >= 11 is 0. The maximum atomic E-state index is 10.4. The molecule has 21 heavy (non-hydrogen) atoms. The Hall–Kier alpha value is -2.43. The first-order valence-electron chi connectivity index (χ1n) is 6.55. The summed E-state index contributed by atoms with van der Waals surface area (Å²) in [7, 11) is 1.36. The van der Waals surface area contributed by atoms with Gasteiger partial charge in [0.05, 0.1) is 7.11 Å². The highest BCUT2D eigenvalue weighted by Gasteiger charge is 2.13. The van der Waals surface area contributed by atoms with Gasteiger partial charge in [-0.15, -0.1) is 0 Å². The van der Waals surface area contributed by atoms with Crippen molar-refractivity contribution in [2.24, 2.45) is 5.16 Å². The SMILES string of the molecule is COO/N=C(\C=C\c1ccccc1)C(O)c1ccccc1. The monoisotopic (exact) mass is 283 g/mol. The van der Waals surface area contributed by atoms with E-state index in [1.807, 2.05) is 66.7 Å². The molecule has 1 N–H and O–H groups in total. The summed E-state index contributed by atoms with van der Waals surface area (Å²) in [6.45, 7) is 0. The smallest absolute Gasteiger partial charge is 0.124 e. The van der Waals surface area contributed by atoms with E-state index in [1.54, 1.807) is 6.08 Å². The van der Waals surface area contributed by atoms with Crippen molar-refractivity contribution in [3.8, 4) is 0 Å². The average molecular weight is 283 g/mol. The first-order chi connectivity index (χ1) is 10.3. The predicted molar refractivity (Wildman–Crippen MR) is 82.4 cm³/mol. The van der Waals surface area contributed by atoms with Gasteiger partial charge in [-0.05, 0) is 22.4 Å². The summed E-state index contributed by atoms with van der Waals surface area (Å²) in [5.41, 5.74) is 2.09. The highest BCUT2D eigenvalue weighted by atomic mass is 17.3. The number of hydrogen-bond acceptors (Lipinski definition) is 4. The Morgan fingerprint density at radius 3 is 2.29 bits per heavy atom. The van der Waals surface area contributed by atoms with Gasteiger partial charge < -0.3 is 5.11 Å². The molecule has 0 aliphatic rings. The molecule has 0 fully saturated rings. The highest BCUT2D eigenvalue weighted by Crippen LogP contribution is 2.16. The Morgan fingerprint density at radius 2 is 1.67 bits per heavy atom. The van der Waals surface area contributed by atoms with Crippen LogP contribution in [0.25, 0.3) is 6.08 Å². The molecule has 0 bridgehead atoms. The molecule has 0 aliphatic carbocycles. The lowest BCUT2D eigenvalue weighted by Gasteiger charge is -2.10. The minimum atomic E-state index is -0.888. The Balaban J connectivity index is 2.21. The summed E-state index contributed by atoms with van der Waals surface area (Å²) in [5.74, 6) is 0. The van der Waals surface area contributed by atoms with Gasteiger partial charge in [-0.25, -0.2) is 4.99 Å².